The highest BCUT2D eigenvalue weighted by molar-refractivity contribution is 7.47. The lowest BCUT2D eigenvalue weighted by atomic mass is 10.0. The van der Waals surface area contributed by atoms with Gasteiger partial charge >= 0.3 is 19.8 Å². The number of esters is 2. The van der Waals surface area contributed by atoms with Crippen LogP contribution >= 0.6 is 7.82 Å². The maximum absolute atomic E-state index is 12.6. The standard InChI is InChI=1S/C53H102NO8P/c1-3-5-7-9-11-13-15-16-17-18-19-20-21-22-23-24-25-26-27-28-29-30-31-32-33-34-36-38-40-42-44-46-53(56)62-51(50-61-63(57,58)60-48-47-54)49-59-52(55)45-43-41-39-37-35-14-12-10-8-6-4-2/h10,12,18-19,51H,3-9,11,13-17,20-50,54H2,1-2H3,(H,57,58)/b12-10-,19-18-. The summed E-state index contributed by atoms with van der Waals surface area (Å²) in [4.78, 5) is 34.9. The lowest BCUT2D eigenvalue weighted by Gasteiger charge is -2.19. The summed E-state index contributed by atoms with van der Waals surface area (Å²) in [6.45, 7) is 3.72. The van der Waals surface area contributed by atoms with Crippen molar-refractivity contribution < 1.29 is 37.6 Å². The Morgan fingerprint density at radius 2 is 0.794 bits per heavy atom. The van der Waals surface area contributed by atoms with Crippen LogP contribution in [0.15, 0.2) is 24.3 Å². The van der Waals surface area contributed by atoms with E-state index in [0.29, 0.717) is 6.42 Å². The zero-order valence-corrected chi connectivity index (χ0v) is 42.2. The fraction of sp³-hybridized carbons (Fsp3) is 0.887. The minimum absolute atomic E-state index is 0.0543. The molecule has 372 valence electrons. The number of phosphoric ester groups is 1. The Labute approximate surface area is 389 Å². The number of phosphoric acid groups is 1. The minimum atomic E-state index is -4.38. The molecule has 2 unspecified atom stereocenters. The largest absolute Gasteiger partial charge is 0.472 e. The highest BCUT2D eigenvalue weighted by Gasteiger charge is 2.26. The van der Waals surface area contributed by atoms with E-state index in [4.69, 9.17) is 24.3 Å². The van der Waals surface area contributed by atoms with E-state index in [0.717, 1.165) is 57.8 Å². The molecule has 3 N–H and O–H groups in total. The number of hydrogen-bond donors (Lipinski definition) is 2. The molecule has 0 bridgehead atoms. The Hall–Kier alpha value is -1.51. The molecule has 0 rings (SSSR count). The molecule has 0 aromatic heterocycles. The van der Waals surface area contributed by atoms with Gasteiger partial charge in [0, 0.05) is 19.4 Å². The minimum Gasteiger partial charge on any atom is -0.462 e. The van der Waals surface area contributed by atoms with Crippen molar-refractivity contribution in [2.75, 3.05) is 26.4 Å². The van der Waals surface area contributed by atoms with E-state index in [1.165, 1.54) is 180 Å². The van der Waals surface area contributed by atoms with E-state index in [1.807, 2.05) is 0 Å². The Balaban J connectivity index is 3.83. The maximum Gasteiger partial charge on any atom is 0.472 e. The normalized spacial score (nSPS) is 13.3. The highest BCUT2D eigenvalue weighted by Crippen LogP contribution is 2.43. The van der Waals surface area contributed by atoms with Crippen LogP contribution in [0.1, 0.15) is 271 Å². The third-order valence-corrected chi connectivity index (χ3v) is 12.8. The molecule has 0 saturated carbocycles. The Morgan fingerprint density at radius 1 is 0.460 bits per heavy atom. The van der Waals surface area contributed by atoms with E-state index in [-0.39, 0.29) is 38.6 Å². The molecule has 0 aliphatic heterocycles. The van der Waals surface area contributed by atoms with Crippen LogP contribution in [0.2, 0.25) is 0 Å². The second kappa shape index (κ2) is 49.9. The summed E-state index contributed by atoms with van der Waals surface area (Å²) in [7, 11) is -4.38. The Morgan fingerprint density at radius 3 is 1.17 bits per heavy atom. The number of hydrogen-bond acceptors (Lipinski definition) is 8. The zero-order chi connectivity index (χ0) is 46.0. The van der Waals surface area contributed by atoms with Crippen molar-refractivity contribution in [3.63, 3.8) is 0 Å². The van der Waals surface area contributed by atoms with Gasteiger partial charge in [0.1, 0.15) is 6.61 Å². The third-order valence-electron chi connectivity index (χ3n) is 11.8. The predicted molar refractivity (Wildman–Crippen MR) is 266 cm³/mol. The van der Waals surface area contributed by atoms with Crippen molar-refractivity contribution in [3.05, 3.63) is 24.3 Å². The van der Waals surface area contributed by atoms with Crippen molar-refractivity contribution in [3.8, 4) is 0 Å². The lowest BCUT2D eigenvalue weighted by molar-refractivity contribution is -0.161. The molecule has 0 spiro atoms. The summed E-state index contributed by atoms with van der Waals surface area (Å²) in [5.41, 5.74) is 5.36. The second-order valence-corrected chi connectivity index (χ2v) is 19.5. The van der Waals surface area contributed by atoms with E-state index >= 15 is 0 Å². The lowest BCUT2D eigenvalue weighted by Crippen LogP contribution is -2.29. The van der Waals surface area contributed by atoms with Crippen LogP contribution in [-0.2, 0) is 32.7 Å². The van der Waals surface area contributed by atoms with Gasteiger partial charge < -0.3 is 20.1 Å². The summed E-state index contributed by atoms with van der Waals surface area (Å²) in [6.07, 6.45) is 56.8. The van der Waals surface area contributed by atoms with Gasteiger partial charge in [-0.1, -0.05) is 224 Å². The maximum atomic E-state index is 12.6. The number of unbranched alkanes of at least 4 members (excludes halogenated alkanes) is 34. The average Bonchev–Trinajstić information content (AvgIpc) is 3.27. The number of allylic oxidation sites excluding steroid dienone is 4. The topological polar surface area (TPSA) is 134 Å². The summed E-state index contributed by atoms with van der Waals surface area (Å²) >= 11 is 0. The van der Waals surface area contributed by atoms with Crippen molar-refractivity contribution in [2.45, 2.75) is 277 Å². The average molecular weight is 912 g/mol. The molecule has 63 heavy (non-hydrogen) atoms. The van der Waals surface area contributed by atoms with Crippen LogP contribution in [-0.4, -0.2) is 49.3 Å². The third kappa shape index (κ3) is 49.8. The molecule has 0 aromatic carbocycles. The fourth-order valence-electron chi connectivity index (χ4n) is 7.79. The highest BCUT2D eigenvalue weighted by atomic mass is 31.2. The first-order valence-electron chi connectivity index (χ1n) is 26.8. The quantitative estimate of drug-likeness (QED) is 0.0265. The summed E-state index contributed by atoms with van der Waals surface area (Å²) < 4.78 is 32.9. The van der Waals surface area contributed by atoms with Crippen molar-refractivity contribution >= 4 is 19.8 Å². The molecular weight excluding hydrogens is 810 g/mol. The zero-order valence-electron chi connectivity index (χ0n) is 41.3. The Kier molecular flexibility index (Phi) is 48.7. The number of rotatable bonds is 51. The fourth-order valence-corrected chi connectivity index (χ4v) is 8.56. The van der Waals surface area contributed by atoms with Crippen LogP contribution in [0.4, 0.5) is 0 Å². The molecule has 9 nitrogen and oxygen atoms in total. The van der Waals surface area contributed by atoms with Crippen LogP contribution in [0.25, 0.3) is 0 Å². The first-order valence-corrected chi connectivity index (χ1v) is 28.3. The van der Waals surface area contributed by atoms with Crippen LogP contribution in [0, 0.1) is 0 Å². The van der Waals surface area contributed by atoms with E-state index in [1.54, 1.807) is 0 Å². The molecule has 0 aliphatic carbocycles. The molecule has 0 aliphatic rings. The SMILES string of the molecule is CCCC/C=C\CCCCCCCC(=O)OCC(COP(=O)(O)OCCN)OC(=O)CCCCCCCCCCCCCCCCCCCCC/C=C\CCCCCCCCCC. The van der Waals surface area contributed by atoms with Gasteiger partial charge in [-0.15, -0.1) is 0 Å². The number of ether oxygens (including phenoxy) is 2. The number of carbonyl (C=O) groups is 2. The molecule has 0 fully saturated rings. The smallest absolute Gasteiger partial charge is 0.462 e. The van der Waals surface area contributed by atoms with Crippen molar-refractivity contribution in [1.29, 1.82) is 0 Å². The summed E-state index contributed by atoms with van der Waals surface area (Å²) in [5.74, 6) is -0.828. The molecule has 0 saturated heterocycles. The number of carbonyl (C=O) groups excluding carboxylic acids is 2. The monoisotopic (exact) mass is 912 g/mol. The molecule has 10 heteroatoms. The van der Waals surface area contributed by atoms with Gasteiger partial charge in [0.05, 0.1) is 13.2 Å². The summed E-state index contributed by atoms with van der Waals surface area (Å²) in [6, 6.07) is 0. The molecule has 0 heterocycles. The van der Waals surface area contributed by atoms with Gasteiger partial charge in [0.15, 0.2) is 6.10 Å². The summed E-state index contributed by atoms with van der Waals surface area (Å²) in [5, 5.41) is 0. The second-order valence-electron chi connectivity index (χ2n) is 18.1. The molecule has 0 radical (unpaired) electrons. The first kappa shape index (κ1) is 61.5. The van der Waals surface area contributed by atoms with Gasteiger partial charge in [0.2, 0.25) is 0 Å². The van der Waals surface area contributed by atoms with Gasteiger partial charge in [-0.05, 0) is 57.8 Å². The van der Waals surface area contributed by atoms with Crippen LogP contribution in [0.3, 0.4) is 0 Å². The van der Waals surface area contributed by atoms with Gasteiger partial charge in [-0.25, -0.2) is 4.57 Å². The van der Waals surface area contributed by atoms with E-state index in [9.17, 15) is 19.0 Å². The molecular formula is C53H102NO8P. The van der Waals surface area contributed by atoms with Gasteiger partial charge in [-0.2, -0.15) is 0 Å². The van der Waals surface area contributed by atoms with Crippen LogP contribution < -0.4 is 5.73 Å². The molecule has 0 aromatic rings. The van der Waals surface area contributed by atoms with Crippen molar-refractivity contribution in [1.82, 2.24) is 0 Å². The van der Waals surface area contributed by atoms with E-state index in [2.05, 4.69) is 38.2 Å². The number of nitrogens with two attached hydrogens (primary N) is 1. The van der Waals surface area contributed by atoms with Crippen molar-refractivity contribution in [2.24, 2.45) is 5.73 Å². The predicted octanol–water partition coefficient (Wildman–Crippen LogP) is 16.3. The first-order chi connectivity index (χ1) is 30.8. The molecule has 2 atom stereocenters. The van der Waals surface area contributed by atoms with Gasteiger partial charge in [0.25, 0.3) is 0 Å². The van der Waals surface area contributed by atoms with Gasteiger partial charge in [-0.3, -0.25) is 18.6 Å². The molecule has 0 amide bonds. The van der Waals surface area contributed by atoms with Crippen LogP contribution in [0.5, 0.6) is 0 Å². The van der Waals surface area contributed by atoms with E-state index < -0.39 is 26.5 Å². The Bertz CT molecular complexity index is 1090.